The molecular weight excluding hydrogens is 358 g/mol. The SMILES string of the molecule is CNc1cc(S(=O)(=O)Nc2cc(Br)cc(OC)c2)ccn1. The van der Waals surface area contributed by atoms with E-state index in [0.29, 0.717) is 21.7 Å². The van der Waals surface area contributed by atoms with Crippen molar-refractivity contribution in [2.75, 3.05) is 24.2 Å². The minimum absolute atomic E-state index is 0.126. The molecule has 0 atom stereocenters. The van der Waals surface area contributed by atoms with Crippen LogP contribution in [0.2, 0.25) is 0 Å². The zero-order chi connectivity index (χ0) is 15.5. The lowest BCUT2D eigenvalue weighted by atomic mass is 10.3. The number of rotatable bonds is 5. The van der Waals surface area contributed by atoms with Gasteiger partial charge in [-0.05, 0) is 18.2 Å². The molecule has 0 aliphatic heterocycles. The Labute approximate surface area is 131 Å². The van der Waals surface area contributed by atoms with Gasteiger partial charge in [-0.15, -0.1) is 0 Å². The largest absolute Gasteiger partial charge is 0.497 e. The molecule has 0 saturated carbocycles. The summed E-state index contributed by atoms with van der Waals surface area (Å²) in [5.74, 6) is 1.03. The number of benzene rings is 1. The van der Waals surface area contributed by atoms with E-state index in [9.17, 15) is 8.42 Å². The topological polar surface area (TPSA) is 80.3 Å². The first kappa shape index (κ1) is 15.6. The van der Waals surface area contributed by atoms with Crippen LogP contribution in [0.5, 0.6) is 5.75 Å². The molecule has 1 aromatic heterocycles. The Morgan fingerprint density at radius 3 is 2.67 bits per heavy atom. The van der Waals surface area contributed by atoms with E-state index >= 15 is 0 Å². The van der Waals surface area contributed by atoms with Gasteiger partial charge in [0.25, 0.3) is 10.0 Å². The number of ether oxygens (including phenoxy) is 1. The fourth-order valence-corrected chi connectivity index (χ4v) is 3.19. The van der Waals surface area contributed by atoms with Gasteiger partial charge in [-0.3, -0.25) is 4.72 Å². The van der Waals surface area contributed by atoms with Gasteiger partial charge in [-0.2, -0.15) is 0 Å². The highest BCUT2D eigenvalue weighted by Gasteiger charge is 2.15. The average Bonchev–Trinajstić information content (AvgIpc) is 2.46. The Balaban J connectivity index is 2.34. The van der Waals surface area contributed by atoms with E-state index in [1.165, 1.54) is 25.4 Å². The molecule has 1 heterocycles. The maximum Gasteiger partial charge on any atom is 0.262 e. The van der Waals surface area contributed by atoms with Crippen molar-refractivity contribution in [1.82, 2.24) is 4.98 Å². The van der Waals surface area contributed by atoms with Gasteiger partial charge >= 0.3 is 0 Å². The van der Waals surface area contributed by atoms with Crippen LogP contribution in [0, 0.1) is 0 Å². The van der Waals surface area contributed by atoms with E-state index < -0.39 is 10.0 Å². The van der Waals surface area contributed by atoms with Crippen LogP contribution >= 0.6 is 15.9 Å². The molecule has 8 heteroatoms. The van der Waals surface area contributed by atoms with E-state index in [1.54, 1.807) is 25.2 Å². The number of methoxy groups -OCH3 is 1. The quantitative estimate of drug-likeness (QED) is 0.844. The van der Waals surface area contributed by atoms with Gasteiger partial charge in [-0.25, -0.2) is 13.4 Å². The minimum atomic E-state index is -3.69. The molecule has 0 unspecified atom stereocenters. The second-order valence-electron chi connectivity index (χ2n) is 4.11. The summed E-state index contributed by atoms with van der Waals surface area (Å²) < 4.78 is 33.0. The molecule has 112 valence electrons. The lowest BCUT2D eigenvalue weighted by molar-refractivity contribution is 0.415. The fourth-order valence-electron chi connectivity index (χ4n) is 1.67. The number of halogens is 1. The molecule has 0 spiro atoms. The molecule has 6 nitrogen and oxygen atoms in total. The fraction of sp³-hybridized carbons (Fsp3) is 0.154. The smallest absolute Gasteiger partial charge is 0.262 e. The number of hydrogen-bond acceptors (Lipinski definition) is 5. The van der Waals surface area contributed by atoms with Crippen molar-refractivity contribution in [3.05, 3.63) is 41.0 Å². The first-order chi connectivity index (χ1) is 9.94. The van der Waals surface area contributed by atoms with Gasteiger partial charge in [0.05, 0.1) is 17.7 Å². The van der Waals surface area contributed by atoms with Crippen LogP contribution in [-0.4, -0.2) is 27.6 Å². The monoisotopic (exact) mass is 371 g/mol. The number of sulfonamides is 1. The van der Waals surface area contributed by atoms with Crippen molar-refractivity contribution in [1.29, 1.82) is 0 Å². The predicted molar refractivity (Wildman–Crippen MR) is 85.3 cm³/mol. The van der Waals surface area contributed by atoms with E-state index in [2.05, 4.69) is 31.0 Å². The van der Waals surface area contributed by atoms with Gasteiger partial charge in [0, 0.05) is 29.8 Å². The second kappa shape index (κ2) is 6.31. The first-order valence-electron chi connectivity index (χ1n) is 5.96. The lowest BCUT2D eigenvalue weighted by Gasteiger charge is -2.10. The standard InChI is InChI=1S/C13H14BrN3O3S/c1-15-13-8-12(3-4-16-13)21(18,19)17-10-5-9(14)6-11(7-10)20-2/h3-8,17H,1-2H3,(H,15,16). The third kappa shape index (κ3) is 3.85. The second-order valence-corrected chi connectivity index (χ2v) is 6.71. The van der Waals surface area contributed by atoms with E-state index in [1.807, 2.05) is 0 Å². The Morgan fingerprint density at radius 2 is 2.00 bits per heavy atom. The number of hydrogen-bond donors (Lipinski definition) is 2. The molecule has 0 bridgehead atoms. The number of anilines is 2. The van der Waals surface area contributed by atoms with Crippen molar-refractivity contribution in [2.24, 2.45) is 0 Å². The van der Waals surface area contributed by atoms with Crippen molar-refractivity contribution in [2.45, 2.75) is 4.90 Å². The summed E-state index contributed by atoms with van der Waals surface area (Å²) in [6.07, 6.45) is 1.43. The maximum absolute atomic E-state index is 12.4. The lowest BCUT2D eigenvalue weighted by Crippen LogP contribution is -2.13. The summed E-state index contributed by atoms with van der Waals surface area (Å²) in [5.41, 5.74) is 0.407. The van der Waals surface area contributed by atoms with Gasteiger partial charge < -0.3 is 10.1 Å². The first-order valence-corrected chi connectivity index (χ1v) is 8.23. The normalized spacial score (nSPS) is 11.0. The Kier molecular flexibility index (Phi) is 4.69. The van der Waals surface area contributed by atoms with E-state index in [-0.39, 0.29) is 4.90 Å². The number of pyridine rings is 1. The van der Waals surface area contributed by atoms with E-state index in [0.717, 1.165) is 0 Å². The van der Waals surface area contributed by atoms with Gasteiger partial charge in [0.15, 0.2) is 0 Å². The Bertz CT molecular complexity index is 750. The third-order valence-electron chi connectivity index (χ3n) is 2.66. The van der Waals surface area contributed by atoms with Crippen LogP contribution in [-0.2, 0) is 10.0 Å². The summed E-state index contributed by atoms with van der Waals surface area (Å²) >= 11 is 3.31. The molecule has 21 heavy (non-hydrogen) atoms. The molecule has 0 aliphatic rings. The zero-order valence-corrected chi connectivity index (χ0v) is 13.8. The molecule has 0 saturated heterocycles. The highest BCUT2D eigenvalue weighted by atomic mass is 79.9. The summed E-state index contributed by atoms with van der Waals surface area (Å²) in [4.78, 5) is 4.11. The van der Waals surface area contributed by atoms with Crippen LogP contribution in [0.4, 0.5) is 11.5 Å². The van der Waals surface area contributed by atoms with Crippen molar-refractivity contribution in [3.63, 3.8) is 0 Å². The number of nitrogens with zero attached hydrogens (tertiary/aromatic N) is 1. The third-order valence-corrected chi connectivity index (χ3v) is 4.49. The summed E-state index contributed by atoms with van der Waals surface area (Å²) in [6.45, 7) is 0. The number of nitrogens with one attached hydrogen (secondary N) is 2. The molecule has 0 aliphatic carbocycles. The van der Waals surface area contributed by atoms with Crippen LogP contribution in [0.1, 0.15) is 0 Å². The molecule has 2 N–H and O–H groups in total. The van der Waals surface area contributed by atoms with E-state index in [4.69, 9.17) is 4.74 Å². The Morgan fingerprint density at radius 1 is 1.24 bits per heavy atom. The molecule has 1 aromatic carbocycles. The van der Waals surface area contributed by atoms with Crippen LogP contribution < -0.4 is 14.8 Å². The van der Waals surface area contributed by atoms with Crippen LogP contribution in [0.15, 0.2) is 45.9 Å². The van der Waals surface area contributed by atoms with Gasteiger partial charge in [0.2, 0.25) is 0 Å². The zero-order valence-electron chi connectivity index (χ0n) is 11.4. The molecule has 0 amide bonds. The summed E-state index contributed by atoms with van der Waals surface area (Å²) in [6, 6.07) is 7.88. The highest BCUT2D eigenvalue weighted by molar-refractivity contribution is 9.10. The molecule has 0 fully saturated rings. The van der Waals surface area contributed by atoms with Gasteiger partial charge in [-0.1, -0.05) is 15.9 Å². The van der Waals surface area contributed by atoms with Crippen molar-refractivity contribution >= 4 is 37.5 Å². The Hall–Kier alpha value is -1.80. The summed E-state index contributed by atoms with van der Waals surface area (Å²) in [7, 11) is -0.506. The van der Waals surface area contributed by atoms with Crippen molar-refractivity contribution in [3.8, 4) is 5.75 Å². The van der Waals surface area contributed by atoms with Gasteiger partial charge in [0.1, 0.15) is 11.6 Å². The van der Waals surface area contributed by atoms with Crippen LogP contribution in [0.25, 0.3) is 0 Å². The highest BCUT2D eigenvalue weighted by Crippen LogP contribution is 2.26. The molecular formula is C13H14BrN3O3S. The molecule has 2 aromatic rings. The average molecular weight is 372 g/mol. The van der Waals surface area contributed by atoms with Crippen molar-refractivity contribution < 1.29 is 13.2 Å². The molecule has 2 rings (SSSR count). The minimum Gasteiger partial charge on any atom is -0.497 e. The van der Waals surface area contributed by atoms with Crippen LogP contribution in [0.3, 0.4) is 0 Å². The maximum atomic E-state index is 12.4. The molecule has 0 radical (unpaired) electrons. The predicted octanol–water partition coefficient (Wildman–Crippen LogP) is 2.70. The summed E-state index contributed by atoms with van der Waals surface area (Å²) in [5, 5.41) is 2.80. The number of aromatic nitrogens is 1.